The maximum atomic E-state index is 12.1. The van der Waals surface area contributed by atoms with Gasteiger partial charge in [0.1, 0.15) is 0 Å². The highest BCUT2D eigenvalue weighted by Gasteiger charge is 2.17. The molecule has 0 radical (unpaired) electrons. The maximum absolute atomic E-state index is 12.1. The topological polar surface area (TPSA) is 48.0 Å². The van der Waals surface area contributed by atoms with Crippen molar-refractivity contribution in [2.24, 2.45) is 5.73 Å². The van der Waals surface area contributed by atoms with E-state index < -0.39 is 5.91 Å². The van der Waals surface area contributed by atoms with E-state index in [-0.39, 0.29) is 0 Å². The molecule has 1 amide bonds. The first kappa shape index (κ1) is 18.9. The zero-order valence-corrected chi connectivity index (χ0v) is 17.0. The van der Waals surface area contributed by atoms with Gasteiger partial charge in [-0.1, -0.05) is 54.7 Å². The third kappa shape index (κ3) is 3.25. The molecule has 0 aliphatic rings. The summed E-state index contributed by atoms with van der Waals surface area (Å²) in [5, 5.41) is 3.20. The monoisotopic (exact) mass is 410 g/mol. The number of carbonyl (C=O) groups excluding carboxylic acids is 1. The molecular formula is C23H20Cl2N2O. The lowest BCUT2D eigenvalue weighted by molar-refractivity contribution is 0.100. The number of carbonyl (C=O) groups is 1. The van der Waals surface area contributed by atoms with Gasteiger partial charge in [0.15, 0.2) is 0 Å². The average molecular weight is 411 g/mol. The molecule has 3 aromatic carbocycles. The van der Waals surface area contributed by atoms with Crippen LogP contribution in [0.15, 0.2) is 54.6 Å². The summed E-state index contributed by atoms with van der Waals surface area (Å²) >= 11 is 12.6. The summed E-state index contributed by atoms with van der Waals surface area (Å²) in [6, 6.07) is 17.5. The fourth-order valence-electron chi connectivity index (χ4n) is 3.84. The van der Waals surface area contributed by atoms with Crippen LogP contribution in [-0.4, -0.2) is 10.5 Å². The number of benzene rings is 3. The minimum atomic E-state index is -0.428. The van der Waals surface area contributed by atoms with Gasteiger partial charge in [-0.05, 0) is 53.9 Å². The zero-order chi connectivity index (χ0) is 19.8. The van der Waals surface area contributed by atoms with E-state index >= 15 is 0 Å². The molecule has 0 aliphatic heterocycles. The van der Waals surface area contributed by atoms with E-state index in [1.807, 2.05) is 24.3 Å². The molecule has 3 nitrogen and oxygen atoms in total. The Morgan fingerprint density at radius 3 is 2.61 bits per heavy atom. The normalized spacial score (nSPS) is 11.4. The smallest absolute Gasteiger partial charge is 0.249 e. The molecule has 2 N–H and O–H groups in total. The molecule has 0 aliphatic carbocycles. The lowest BCUT2D eigenvalue weighted by Crippen LogP contribution is -2.11. The highest BCUT2D eigenvalue weighted by atomic mass is 35.5. The van der Waals surface area contributed by atoms with E-state index in [1.165, 1.54) is 5.56 Å². The van der Waals surface area contributed by atoms with Gasteiger partial charge < -0.3 is 10.3 Å². The Balaban J connectivity index is 2.03. The molecule has 1 aromatic heterocycles. The molecule has 0 fully saturated rings. The third-order valence-corrected chi connectivity index (χ3v) is 5.70. The van der Waals surface area contributed by atoms with E-state index in [4.69, 9.17) is 28.9 Å². The van der Waals surface area contributed by atoms with Crippen LogP contribution < -0.4 is 5.73 Å². The van der Waals surface area contributed by atoms with E-state index in [1.54, 1.807) is 12.1 Å². The summed E-state index contributed by atoms with van der Waals surface area (Å²) in [5.74, 6) is -0.428. The maximum Gasteiger partial charge on any atom is 0.249 e. The van der Waals surface area contributed by atoms with Crippen molar-refractivity contribution < 1.29 is 4.79 Å². The summed E-state index contributed by atoms with van der Waals surface area (Å²) in [6.45, 7) is 2.72. The van der Waals surface area contributed by atoms with Crippen molar-refractivity contribution in [3.05, 3.63) is 81.3 Å². The highest BCUT2D eigenvalue weighted by Crippen LogP contribution is 2.34. The summed E-state index contributed by atoms with van der Waals surface area (Å²) in [6.07, 6.45) is 2.07. The Morgan fingerprint density at radius 1 is 1.04 bits per heavy atom. The van der Waals surface area contributed by atoms with Gasteiger partial charge in [-0.2, -0.15) is 0 Å². The molecule has 0 saturated carbocycles. The van der Waals surface area contributed by atoms with Crippen molar-refractivity contribution in [1.82, 2.24) is 4.57 Å². The van der Waals surface area contributed by atoms with Gasteiger partial charge in [-0.15, -0.1) is 0 Å². The molecule has 28 heavy (non-hydrogen) atoms. The summed E-state index contributed by atoms with van der Waals surface area (Å²) in [7, 11) is 0. The number of fused-ring (bicyclic) bond motifs is 3. The molecular weight excluding hydrogens is 391 g/mol. The molecule has 4 rings (SSSR count). The van der Waals surface area contributed by atoms with Crippen LogP contribution in [0.1, 0.15) is 34.8 Å². The van der Waals surface area contributed by atoms with Gasteiger partial charge in [0, 0.05) is 38.4 Å². The van der Waals surface area contributed by atoms with Crippen LogP contribution in [0, 0.1) is 0 Å². The number of primary amides is 1. The van der Waals surface area contributed by atoms with Gasteiger partial charge in [-0.25, -0.2) is 0 Å². The van der Waals surface area contributed by atoms with Gasteiger partial charge in [0.05, 0.1) is 5.52 Å². The molecule has 0 unspecified atom stereocenters. The van der Waals surface area contributed by atoms with Gasteiger partial charge in [0.2, 0.25) is 5.91 Å². The van der Waals surface area contributed by atoms with Gasteiger partial charge in [0.25, 0.3) is 0 Å². The molecule has 1 heterocycles. The van der Waals surface area contributed by atoms with Crippen LogP contribution in [0.4, 0.5) is 0 Å². The molecule has 0 atom stereocenters. The molecule has 0 saturated heterocycles. The van der Waals surface area contributed by atoms with Crippen molar-refractivity contribution in [1.29, 1.82) is 0 Å². The summed E-state index contributed by atoms with van der Waals surface area (Å²) in [4.78, 5) is 12.1. The Labute approximate surface area is 173 Å². The SMILES string of the molecule is CCCc1ccc2c3c(C(N)=O)cccc3n(Cc3cc(Cl)ccc3Cl)c2c1. The third-order valence-electron chi connectivity index (χ3n) is 5.10. The van der Waals surface area contributed by atoms with E-state index in [2.05, 4.69) is 29.7 Å². The highest BCUT2D eigenvalue weighted by molar-refractivity contribution is 6.33. The molecule has 5 heteroatoms. The first-order chi connectivity index (χ1) is 13.5. The lowest BCUT2D eigenvalue weighted by atomic mass is 10.0. The molecule has 0 spiro atoms. The summed E-state index contributed by atoms with van der Waals surface area (Å²) in [5.41, 5.74) is 10.4. The minimum Gasteiger partial charge on any atom is -0.366 e. The van der Waals surface area contributed by atoms with Gasteiger partial charge in [-0.3, -0.25) is 4.79 Å². The quantitative estimate of drug-likeness (QED) is 0.418. The first-order valence-corrected chi connectivity index (χ1v) is 10.0. The number of hydrogen-bond acceptors (Lipinski definition) is 1. The van der Waals surface area contributed by atoms with E-state index in [9.17, 15) is 4.79 Å². The summed E-state index contributed by atoms with van der Waals surface area (Å²) < 4.78 is 2.19. The van der Waals surface area contributed by atoms with Crippen LogP contribution in [0.2, 0.25) is 10.0 Å². The Kier molecular flexibility index (Phi) is 5.05. The predicted molar refractivity (Wildman–Crippen MR) is 118 cm³/mol. The number of rotatable bonds is 5. The number of nitrogens with two attached hydrogens (primary N) is 1. The first-order valence-electron chi connectivity index (χ1n) is 9.27. The van der Waals surface area contributed by atoms with Crippen LogP contribution in [0.3, 0.4) is 0 Å². The Bertz CT molecular complexity index is 1210. The second-order valence-electron chi connectivity index (χ2n) is 6.99. The van der Waals surface area contributed by atoms with Crippen molar-refractivity contribution in [2.75, 3.05) is 0 Å². The predicted octanol–water partition coefficient (Wildman–Crippen LogP) is 6.20. The van der Waals surface area contributed by atoms with Crippen molar-refractivity contribution >= 4 is 50.9 Å². The molecule has 142 valence electrons. The number of aryl methyl sites for hydroxylation is 1. The second-order valence-corrected chi connectivity index (χ2v) is 7.83. The van der Waals surface area contributed by atoms with Crippen LogP contribution in [0.25, 0.3) is 21.8 Å². The minimum absolute atomic E-state index is 0.428. The molecule has 0 bridgehead atoms. The number of nitrogens with zero attached hydrogens (tertiary/aromatic N) is 1. The zero-order valence-electron chi connectivity index (χ0n) is 15.5. The Hall–Kier alpha value is -2.49. The van der Waals surface area contributed by atoms with E-state index in [0.717, 1.165) is 40.2 Å². The fraction of sp³-hybridized carbons (Fsp3) is 0.174. The van der Waals surface area contributed by atoms with Crippen molar-refractivity contribution in [2.45, 2.75) is 26.3 Å². The van der Waals surface area contributed by atoms with Crippen LogP contribution in [0.5, 0.6) is 0 Å². The Morgan fingerprint density at radius 2 is 1.86 bits per heavy atom. The second kappa shape index (κ2) is 7.50. The van der Waals surface area contributed by atoms with Crippen molar-refractivity contribution in [3.63, 3.8) is 0 Å². The van der Waals surface area contributed by atoms with E-state index in [0.29, 0.717) is 22.2 Å². The number of halogens is 2. The van der Waals surface area contributed by atoms with Gasteiger partial charge >= 0.3 is 0 Å². The van der Waals surface area contributed by atoms with Crippen molar-refractivity contribution in [3.8, 4) is 0 Å². The number of amides is 1. The number of aromatic nitrogens is 1. The van der Waals surface area contributed by atoms with Crippen LogP contribution in [-0.2, 0) is 13.0 Å². The largest absolute Gasteiger partial charge is 0.366 e. The average Bonchev–Trinajstić information content (AvgIpc) is 2.98. The van der Waals surface area contributed by atoms with Crippen LogP contribution >= 0.6 is 23.2 Å². The molecule has 4 aromatic rings. The lowest BCUT2D eigenvalue weighted by Gasteiger charge is -2.11. The number of hydrogen-bond donors (Lipinski definition) is 1. The standard InChI is InChI=1S/C23H20Cl2N2O/c1-2-4-14-7-9-17-21(11-14)27(13-15-12-16(24)8-10-19(15)25)20-6-3-5-18(22(17)20)23(26)28/h3,5-12H,2,4,13H2,1H3,(H2,26,28). The fourth-order valence-corrected chi connectivity index (χ4v) is 4.22.